The van der Waals surface area contributed by atoms with E-state index in [2.05, 4.69) is 40.0 Å². The van der Waals surface area contributed by atoms with Crippen molar-refractivity contribution in [2.24, 2.45) is 0 Å². The topological polar surface area (TPSA) is 20.3 Å². The summed E-state index contributed by atoms with van der Waals surface area (Å²) in [7, 11) is 2.09. The average Bonchev–Trinajstić information content (AvgIpc) is 2.95. The second-order valence-electron chi connectivity index (χ2n) is 4.83. The summed E-state index contributed by atoms with van der Waals surface area (Å²) in [6.07, 6.45) is 1.53. The van der Waals surface area contributed by atoms with Crippen LogP contribution in [0.15, 0.2) is 46.3 Å². The van der Waals surface area contributed by atoms with Crippen molar-refractivity contribution in [3.63, 3.8) is 0 Å². The Morgan fingerprint density at radius 3 is 2.75 bits per heavy atom. The van der Waals surface area contributed by atoms with E-state index in [0.29, 0.717) is 6.42 Å². The molecule has 0 aliphatic carbocycles. The van der Waals surface area contributed by atoms with Gasteiger partial charge in [0.2, 0.25) is 0 Å². The fourth-order valence-electron chi connectivity index (χ4n) is 2.07. The van der Waals surface area contributed by atoms with Crippen LogP contribution in [0, 0.1) is 0 Å². The Hall–Kier alpha value is -0.970. The first-order valence-electron chi connectivity index (χ1n) is 6.65. The average molecular weight is 352 g/mol. The molecule has 0 atom stereocenters. The largest absolute Gasteiger partial charge is 0.302 e. The van der Waals surface area contributed by atoms with Crippen LogP contribution in [-0.2, 0) is 6.54 Å². The van der Waals surface area contributed by atoms with Gasteiger partial charge < -0.3 is 4.90 Å². The molecule has 2 aromatic rings. The first kappa shape index (κ1) is 15.4. The minimum Gasteiger partial charge on any atom is -0.302 e. The molecular weight excluding hydrogens is 334 g/mol. The highest BCUT2D eigenvalue weighted by Gasteiger charge is 2.08. The summed E-state index contributed by atoms with van der Waals surface area (Å²) in [5.74, 6) is 0.259. The fourth-order valence-corrected chi connectivity index (χ4v) is 3.17. The molecule has 0 amide bonds. The van der Waals surface area contributed by atoms with Gasteiger partial charge in [-0.2, -0.15) is 0 Å². The number of carbonyl (C=O) groups is 1. The standard InChI is InChI=1S/C16H18BrNOS/c1-18(12-13-6-2-3-7-14(13)17)10-4-8-15(19)16-9-5-11-20-16/h2-3,5-7,9,11H,4,8,10,12H2,1H3. The van der Waals surface area contributed by atoms with Gasteiger partial charge in [0.1, 0.15) is 0 Å². The first-order chi connectivity index (χ1) is 9.66. The van der Waals surface area contributed by atoms with Crippen LogP contribution >= 0.6 is 27.3 Å². The maximum Gasteiger partial charge on any atom is 0.172 e. The SMILES string of the molecule is CN(CCCC(=O)c1cccs1)Cc1ccccc1Br. The molecule has 2 rings (SSSR count). The van der Waals surface area contributed by atoms with Crippen molar-refractivity contribution in [2.75, 3.05) is 13.6 Å². The van der Waals surface area contributed by atoms with Crippen molar-refractivity contribution in [3.05, 3.63) is 56.7 Å². The number of benzene rings is 1. The smallest absolute Gasteiger partial charge is 0.172 e. The van der Waals surface area contributed by atoms with Crippen LogP contribution < -0.4 is 0 Å². The molecule has 0 fully saturated rings. The quantitative estimate of drug-likeness (QED) is 0.679. The van der Waals surface area contributed by atoms with Gasteiger partial charge in [-0.1, -0.05) is 40.2 Å². The van der Waals surface area contributed by atoms with Gasteiger partial charge in [-0.05, 0) is 43.1 Å². The molecule has 0 N–H and O–H groups in total. The summed E-state index contributed by atoms with van der Waals surface area (Å²) in [5.41, 5.74) is 1.28. The highest BCUT2D eigenvalue weighted by Crippen LogP contribution is 2.18. The van der Waals surface area contributed by atoms with Gasteiger partial charge in [-0.15, -0.1) is 11.3 Å². The molecular formula is C16H18BrNOS. The molecule has 0 spiro atoms. The van der Waals surface area contributed by atoms with Crippen LogP contribution in [0.4, 0.5) is 0 Å². The Kier molecular flexibility index (Phi) is 5.95. The lowest BCUT2D eigenvalue weighted by Crippen LogP contribution is -2.20. The summed E-state index contributed by atoms with van der Waals surface area (Å²) < 4.78 is 1.14. The summed E-state index contributed by atoms with van der Waals surface area (Å²) in [6.45, 7) is 1.83. The number of ketones is 1. The van der Waals surface area contributed by atoms with Crippen LogP contribution in [0.3, 0.4) is 0 Å². The number of rotatable bonds is 7. The molecule has 20 heavy (non-hydrogen) atoms. The van der Waals surface area contributed by atoms with Gasteiger partial charge in [-0.25, -0.2) is 0 Å². The monoisotopic (exact) mass is 351 g/mol. The van der Waals surface area contributed by atoms with Crippen LogP contribution in [0.2, 0.25) is 0 Å². The zero-order chi connectivity index (χ0) is 14.4. The van der Waals surface area contributed by atoms with Crippen LogP contribution in [0.5, 0.6) is 0 Å². The van der Waals surface area contributed by atoms with Crippen molar-refractivity contribution < 1.29 is 4.79 Å². The van der Waals surface area contributed by atoms with Crippen LogP contribution in [0.1, 0.15) is 28.1 Å². The highest BCUT2D eigenvalue weighted by atomic mass is 79.9. The van der Waals surface area contributed by atoms with Crippen molar-refractivity contribution in [1.82, 2.24) is 4.90 Å². The molecule has 0 unspecified atom stereocenters. The summed E-state index contributed by atoms with van der Waals surface area (Å²) in [5, 5.41) is 1.95. The molecule has 0 aliphatic heterocycles. The predicted molar refractivity (Wildman–Crippen MR) is 88.4 cm³/mol. The third-order valence-corrected chi connectivity index (χ3v) is 4.82. The molecule has 1 aromatic carbocycles. The molecule has 106 valence electrons. The lowest BCUT2D eigenvalue weighted by molar-refractivity contribution is 0.0980. The van der Waals surface area contributed by atoms with E-state index in [-0.39, 0.29) is 5.78 Å². The molecule has 0 radical (unpaired) electrons. The van der Waals surface area contributed by atoms with Crippen LogP contribution in [0.25, 0.3) is 0 Å². The van der Waals surface area contributed by atoms with E-state index in [1.54, 1.807) is 0 Å². The Labute approximate surface area is 132 Å². The number of halogens is 1. The molecule has 4 heteroatoms. The lowest BCUT2D eigenvalue weighted by Gasteiger charge is -2.17. The van der Waals surface area contributed by atoms with Gasteiger partial charge in [0, 0.05) is 17.4 Å². The summed E-state index contributed by atoms with van der Waals surface area (Å²) in [4.78, 5) is 15.0. The summed E-state index contributed by atoms with van der Waals surface area (Å²) in [6, 6.07) is 12.1. The van der Waals surface area contributed by atoms with E-state index in [1.807, 2.05) is 29.6 Å². The van der Waals surface area contributed by atoms with E-state index in [1.165, 1.54) is 16.9 Å². The Balaban J connectivity index is 1.74. The van der Waals surface area contributed by atoms with E-state index >= 15 is 0 Å². The number of Topliss-reactive ketones (excluding diaryl/α,β-unsaturated/α-hetero) is 1. The van der Waals surface area contributed by atoms with E-state index < -0.39 is 0 Å². The number of hydrogen-bond acceptors (Lipinski definition) is 3. The van der Waals surface area contributed by atoms with Crippen molar-refractivity contribution in [1.29, 1.82) is 0 Å². The first-order valence-corrected chi connectivity index (χ1v) is 8.33. The molecule has 0 saturated carbocycles. The van der Waals surface area contributed by atoms with E-state index in [9.17, 15) is 4.79 Å². The molecule has 1 heterocycles. The molecule has 1 aromatic heterocycles. The third-order valence-electron chi connectivity index (χ3n) is 3.14. The van der Waals surface area contributed by atoms with Gasteiger partial charge in [0.05, 0.1) is 4.88 Å². The van der Waals surface area contributed by atoms with E-state index in [0.717, 1.165) is 28.9 Å². The minimum atomic E-state index is 0.259. The number of nitrogens with zero attached hydrogens (tertiary/aromatic N) is 1. The minimum absolute atomic E-state index is 0.259. The molecule has 0 aliphatic rings. The summed E-state index contributed by atoms with van der Waals surface area (Å²) >= 11 is 5.09. The molecule has 0 bridgehead atoms. The van der Waals surface area contributed by atoms with Crippen LogP contribution in [-0.4, -0.2) is 24.3 Å². The normalized spacial score (nSPS) is 10.9. The van der Waals surface area contributed by atoms with Gasteiger partial charge in [0.15, 0.2) is 5.78 Å². The maximum absolute atomic E-state index is 11.9. The second kappa shape index (κ2) is 7.72. The number of hydrogen-bond donors (Lipinski definition) is 0. The zero-order valence-electron chi connectivity index (χ0n) is 11.5. The van der Waals surface area contributed by atoms with Crippen molar-refractivity contribution in [2.45, 2.75) is 19.4 Å². The maximum atomic E-state index is 11.9. The molecule has 0 saturated heterocycles. The number of thiophene rings is 1. The van der Waals surface area contributed by atoms with Crippen molar-refractivity contribution >= 4 is 33.0 Å². The second-order valence-corrected chi connectivity index (χ2v) is 6.64. The fraction of sp³-hybridized carbons (Fsp3) is 0.312. The molecule has 2 nitrogen and oxygen atoms in total. The highest BCUT2D eigenvalue weighted by molar-refractivity contribution is 9.10. The predicted octanol–water partition coefficient (Wildman–Crippen LogP) is 4.61. The zero-order valence-corrected chi connectivity index (χ0v) is 13.9. The van der Waals surface area contributed by atoms with Gasteiger partial charge >= 0.3 is 0 Å². The van der Waals surface area contributed by atoms with Crippen molar-refractivity contribution in [3.8, 4) is 0 Å². The van der Waals surface area contributed by atoms with Gasteiger partial charge in [-0.3, -0.25) is 4.79 Å². The van der Waals surface area contributed by atoms with Gasteiger partial charge in [0.25, 0.3) is 0 Å². The number of carbonyl (C=O) groups excluding carboxylic acids is 1. The Morgan fingerprint density at radius 1 is 1.25 bits per heavy atom. The lowest BCUT2D eigenvalue weighted by atomic mass is 10.1. The Bertz CT molecular complexity index is 553. The van der Waals surface area contributed by atoms with E-state index in [4.69, 9.17) is 0 Å². The third kappa shape index (κ3) is 4.54. The Morgan fingerprint density at radius 2 is 2.05 bits per heavy atom.